The van der Waals surface area contributed by atoms with Crippen LogP contribution in [0.4, 0.5) is 0 Å². The van der Waals surface area contributed by atoms with Crippen LogP contribution in [0.1, 0.15) is 28.4 Å². The summed E-state index contributed by atoms with van der Waals surface area (Å²) in [6.07, 6.45) is -17.2. The number of carbonyl (C=O) groups is 1. The standard InChI is InChI=1S/C27H32O15/c28-8-17-20(32)22(34)24(36)26(41-17)38-9-18-21(33)23(35)25(37)27(42-18)40-16-6-12(30)5-15-19(16)13(31)7-14(39-15)10-1-3-11(29)4-2-10/h1-6,14,17-18,20-30,32-37H,7-9H2. The first-order valence-corrected chi connectivity index (χ1v) is 13.1. The largest absolute Gasteiger partial charge is 0.508 e. The highest BCUT2D eigenvalue weighted by molar-refractivity contribution is 6.02. The van der Waals surface area contributed by atoms with Crippen LogP contribution in [0.15, 0.2) is 36.4 Å². The third-order valence-corrected chi connectivity index (χ3v) is 7.42. The molecule has 230 valence electrons. The van der Waals surface area contributed by atoms with Gasteiger partial charge in [-0.15, -0.1) is 0 Å². The Balaban J connectivity index is 1.32. The lowest BCUT2D eigenvalue weighted by atomic mass is 9.95. The van der Waals surface area contributed by atoms with Crippen LogP contribution in [-0.2, 0) is 14.2 Å². The van der Waals surface area contributed by atoms with Crippen molar-refractivity contribution >= 4 is 5.78 Å². The van der Waals surface area contributed by atoms with Gasteiger partial charge in [0.2, 0.25) is 6.29 Å². The fraction of sp³-hybridized carbons (Fsp3) is 0.519. The van der Waals surface area contributed by atoms with Crippen molar-refractivity contribution in [1.29, 1.82) is 0 Å². The Hall–Kier alpha value is -3.09. The number of ketones is 1. The van der Waals surface area contributed by atoms with Gasteiger partial charge in [-0.2, -0.15) is 0 Å². The van der Waals surface area contributed by atoms with E-state index >= 15 is 0 Å². The summed E-state index contributed by atoms with van der Waals surface area (Å²) in [6, 6.07) is 8.35. The van der Waals surface area contributed by atoms with Crippen molar-refractivity contribution in [3.63, 3.8) is 0 Å². The van der Waals surface area contributed by atoms with E-state index in [4.69, 9.17) is 23.7 Å². The number of hydrogen-bond acceptors (Lipinski definition) is 15. The van der Waals surface area contributed by atoms with Crippen molar-refractivity contribution in [3.05, 3.63) is 47.5 Å². The van der Waals surface area contributed by atoms with Crippen molar-refractivity contribution in [1.82, 2.24) is 0 Å². The molecule has 42 heavy (non-hydrogen) atoms. The molecule has 2 aromatic carbocycles. The summed E-state index contributed by atoms with van der Waals surface area (Å²) in [5.41, 5.74) is 0.538. The Morgan fingerprint density at radius 3 is 2.05 bits per heavy atom. The maximum atomic E-state index is 13.2. The average Bonchev–Trinajstić information content (AvgIpc) is 2.96. The van der Waals surface area contributed by atoms with E-state index in [1.165, 1.54) is 18.2 Å². The van der Waals surface area contributed by atoms with Gasteiger partial charge in [0.15, 0.2) is 12.1 Å². The van der Waals surface area contributed by atoms with Gasteiger partial charge in [0.25, 0.3) is 0 Å². The molecular weight excluding hydrogens is 564 g/mol. The van der Waals surface area contributed by atoms with Gasteiger partial charge in [0.05, 0.1) is 19.6 Å². The van der Waals surface area contributed by atoms with Crippen LogP contribution in [0.2, 0.25) is 0 Å². The van der Waals surface area contributed by atoms with Gasteiger partial charge >= 0.3 is 0 Å². The van der Waals surface area contributed by atoms with Crippen molar-refractivity contribution in [3.8, 4) is 23.0 Å². The minimum Gasteiger partial charge on any atom is -0.508 e. The molecule has 3 heterocycles. The number of aliphatic hydroxyl groups excluding tert-OH is 7. The molecule has 3 aliphatic rings. The van der Waals surface area contributed by atoms with Crippen molar-refractivity contribution in [2.45, 2.75) is 73.9 Å². The summed E-state index contributed by atoms with van der Waals surface area (Å²) in [5.74, 6) is -1.01. The summed E-state index contributed by atoms with van der Waals surface area (Å²) in [7, 11) is 0. The second-order valence-electron chi connectivity index (χ2n) is 10.3. The number of ether oxygens (including phenoxy) is 5. The molecular formula is C27H32O15. The Bertz CT molecular complexity index is 1250. The normalized spacial score (nSPS) is 36.6. The van der Waals surface area contributed by atoms with E-state index in [0.717, 1.165) is 6.07 Å². The van der Waals surface area contributed by atoms with Crippen LogP contribution in [0.5, 0.6) is 23.0 Å². The number of aliphatic hydroxyl groups is 7. The zero-order valence-corrected chi connectivity index (χ0v) is 21.9. The summed E-state index contributed by atoms with van der Waals surface area (Å²) < 4.78 is 27.9. The van der Waals surface area contributed by atoms with E-state index < -0.39 is 86.5 Å². The zero-order valence-electron chi connectivity index (χ0n) is 21.9. The number of aromatic hydroxyl groups is 2. The van der Waals surface area contributed by atoms with Crippen LogP contribution in [0, 0.1) is 0 Å². The lowest BCUT2D eigenvalue weighted by Crippen LogP contribution is -2.62. The molecule has 2 fully saturated rings. The highest BCUT2D eigenvalue weighted by atomic mass is 16.7. The monoisotopic (exact) mass is 596 g/mol. The van der Waals surface area contributed by atoms with Gasteiger partial charge in [0, 0.05) is 12.1 Å². The number of benzene rings is 2. The smallest absolute Gasteiger partial charge is 0.229 e. The topological polar surface area (TPSA) is 245 Å². The van der Waals surface area contributed by atoms with Crippen LogP contribution >= 0.6 is 0 Å². The summed E-state index contributed by atoms with van der Waals surface area (Å²) in [6.45, 7) is -1.28. The van der Waals surface area contributed by atoms with Gasteiger partial charge < -0.3 is 69.6 Å². The zero-order chi connectivity index (χ0) is 30.3. The molecule has 9 N–H and O–H groups in total. The molecule has 11 unspecified atom stereocenters. The summed E-state index contributed by atoms with van der Waals surface area (Å²) >= 11 is 0. The maximum absolute atomic E-state index is 13.2. The van der Waals surface area contributed by atoms with E-state index in [1.54, 1.807) is 12.1 Å². The number of carbonyl (C=O) groups excluding carboxylic acids is 1. The molecule has 15 nitrogen and oxygen atoms in total. The van der Waals surface area contributed by atoms with E-state index in [9.17, 15) is 50.8 Å². The lowest BCUT2D eigenvalue weighted by Gasteiger charge is -2.42. The highest BCUT2D eigenvalue weighted by Crippen LogP contribution is 2.43. The third kappa shape index (κ3) is 5.89. The molecule has 0 aliphatic carbocycles. The fourth-order valence-electron chi connectivity index (χ4n) is 5.05. The molecule has 0 saturated carbocycles. The van der Waals surface area contributed by atoms with Crippen LogP contribution in [0.25, 0.3) is 0 Å². The summed E-state index contributed by atoms with van der Waals surface area (Å²) in [5, 5.41) is 90.8. The molecule has 0 amide bonds. The van der Waals surface area contributed by atoms with Gasteiger partial charge in [0.1, 0.15) is 83.5 Å². The van der Waals surface area contributed by atoms with E-state index in [2.05, 4.69) is 0 Å². The maximum Gasteiger partial charge on any atom is 0.229 e. The molecule has 0 bridgehead atoms. The minimum absolute atomic E-state index is 0.0206. The van der Waals surface area contributed by atoms with E-state index in [1.807, 2.05) is 0 Å². The van der Waals surface area contributed by atoms with Crippen LogP contribution in [-0.4, -0.2) is 126 Å². The predicted octanol–water partition coefficient (Wildman–Crippen LogP) is -2.19. The van der Waals surface area contributed by atoms with Crippen molar-refractivity contribution in [2.75, 3.05) is 13.2 Å². The number of Topliss-reactive ketones (excluding diaryl/α,β-unsaturated/α-hetero) is 1. The minimum atomic E-state index is -1.83. The average molecular weight is 597 g/mol. The van der Waals surface area contributed by atoms with E-state index in [0.29, 0.717) is 5.56 Å². The van der Waals surface area contributed by atoms with Gasteiger partial charge in [-0.05, 0) is 17.7 Å². The first-order valence-electron chi connectivity index (χ1n) is 13.1. The first kappa shape index (κ1) is 30.4. The predicted molar refractivity (Wildman–Crippen MR) is 136 cm³/mol. The molecule has 2 aromatic rings. The van der Waals surface area contributed by atoms with Gasteiger partial charge in [-0.1, -0.05) is 12.1 Å². The van der Waals surface area contributed by atoms with Crippen molar-refractivity contribution < 1.29 is 74.4 Å². The van der Waals surface area contributed by atoms with Gasteiger partial charge in [-0.3, -0.25) is 4.79 Å². The van der Waals surface area contributed by atoms with Crippen LogP contribution < -0.4 is 9.47 Å². The Morgan fingerprint density at radius 1 is 0.762 bits per heavy atom. The lowest BCUT2D eigenvalue weighted by molar-refractivity contribution is -0.323. The molecule has 3 aliphatic heterocycles. The molecule has 0 aromatic heterocycles. The molecule has 2 saturated heterocycles. The second-order valence-corrected chi connectivity index (χ2v) is 10.3. The number of fused-ring (bicyclic) bond motifs is 1. The number of phenols is 2. The number of rotatable bonds is 7. The van der Waals surface area contributed by atoms with Gasteiger partial charge in [-0.25, -0.2) is 0 Å². The van der Waals surface area contributed by atoms with E-state index in [-0.39, 0.29) is 35.0 Å². The molecule has 5 rings (SSSR count). The SMILES string of the molecule is O=C1CC(c2ccc(O)cc2)Oc2cc(O)cc(OC3OC(COC4OC(CO)C(O)C(O)C4O)C(O)C(O)C3O)c21. The molecule has 11 atom stereocenters. The fourth-order valence-corrected chi connectivity index (χ4v) is 5.05. The molecule has 15 heteroatoms. The first-order chi connectivity index (χ1) is 20.0. The quantitative estimate of drug-likeness (QED) is 0.165. The van der Waals surface area contributed by atoms with Crippen molar-refractivity contribution in [2.24, 2.45) is 0 Å². The highest BCUT2D eigenvalue weighted by Gasteiger charge is 2.48. The second kappa shape index (κ2) is 12.3. The molecule has 0 radical (unpaired) electrons. The number of hydrogen-bond donors (Lipinski definition) is 9. The Kier molecular flexibility index (Phi) is 8.86. The summed E-state index contributed by atoms with van der Waals surface area (Å²) in [4.78, 5) is 13.2. The number of phenolic OH excluding ortho intramolecular Hbond substituents is 2. The van der Waals surface area contributed by atoms with Crippen LogP contribution in [0.3, 0.4) is 0 Å². The molecule has 0 spiro atoms. The Morgan fingerprint density at radius 2 is 1.38 bits per heavy atom. The third-order valence-electron chi connectivity index (χ3n) is 7.42. The Labute approximate surface area is 238 Å².